The maximum absolute atomic E-state index is 12.7. The first-order valence-electron chi connectivity index (χ1n) is 22.5. The van der Waals surface area contributed by atoms with Crippen LogP contribution in [-0.4, -0.2) is 75.5 Å². The highest BCUT2D eigenvalue weighted by Gasteiger charge is 2.25. The van der Waals surface area contributed by atoms with Crippen LogP contribution in [0.2, 0.25) is 0 Å². The summed E-state index contributed by atoms with van der Waals surface area (Å²) in [6, 6.07) is -0.742. The summed E-state index contributed by atoms with van der Waals surface area (Å²) in [5.41, 5.74) is 0. The minimum absolute atomic E-state index is 0.0137. The number of hydrogen-bond acceptors (Lipinski definition) is 7. The second kappa shape index (κ2) is 40.8. The van der Waals surface area contributed by atoms with Gasteiger partial charge in [-0.05, 0) is 77.0 Å². The fourth-order valence-electron chi connectivity index (χ4n) is 5.81. The molecule has 0 rings (SSSR count). The Morgan fingerprint density at radius 1 is 0.525 bits per heavy atom. The first-order chi connectivity index (χ1) is 28.6. The predicted molar refractivity (Wildman–Crippen MR) is 244 cm³/mol. The third-order valence-electron chi connectivity index (χ3n) is 9.25. The first kappa shape index (κ1) is 55.0. The first-order valence-corrected chi connectivity index (χ1v) is 22.5. The Bertz CT molecular complexity index is 1330. The van der Waals surface area contributed by atoms with Crippen LogP contribution < -0.4 is 5.11 Å². The van der Waals surface area contributed by atoms with E-state index in [-0.39, 0.29) is 49.1 Å². The van der Waals surface area contributed by atoms with Crippen LogP contribution in [-0.2, 0) is 28.6 Å². The molecule has 0 bridgehead atoms. The summed E-state index contributed by atoms with van der Waals surface area (Å²) >= 11 is 0. The lowest BCUT2D eigenvalue weighted by Gasteiger charge is -2.34. The maximum Gasteiger partial charge on any atom is 0.306 e. The number of unbranched alkanes of at least 4 members (excludes halogenated alkanes) is 9. The number of likely N-dealkylation sites (N-methyl/N-ethyl adjacent to an activating group) is 1. The van der Waals surface area contributed by atoms with E-state index < -0.39 is 18.1 Å². The van der Waals surface area contributed by atoms with Crippen molar-refractivity contribution >= 4 is 17.9 Å². The molecule has 0 aliphatic heterocycles. The number of aliphatic carboxylic acids is 1. The van der Waals surface area contributed by atoms with Crippen LogP contribution in [0, 0.1) is 0 Å². The van der Waals surface area contributed by atoms with Crippen molar-refractivity contribution in [3.63, 3.8) is 0 Å². The van der Waals surface area contributed by atoms with Crippen LogP contribution in [0.25, 0.3) is 0 Å². The van der Waals surface area contributed by atoms with Gasteiger partial charge in [-0.3, -0.25) is 9.59 Å². The minimum Gasteiger partial charge on any atom is -0.544 e. The summed E-state index contributed by atoms with van der Waals surface area (Å²) in [6.07, 6.45) is 55.5. The van der Waals surface area contributed by atoms with Gasteiger partial charge in [-0.15, -0.1) is 0 Å². The average Bonchev–Trinajstić information content (AvgIpc) is 3.19. The number of nitrogens with zero attached hydrogens (tertiary/aromatic N) is 1. The summed E-state index contributed by atoms with van der Waals surface area (Å²) in [5, 5.41) is 11.6. The number of quaternary nitrogens is 1. The average molecular weight is 820 g/mol. The molecule has 59 heavy (non-hydrogen) atoms. The maximum atomic E-state index is 12.7. The Kier molecular flexibility index (Phi) is 38.0. The second-order valence-corrected chi connectivity index (χ2v) is 15.6. The zero-order valence-electron chi connectivity index (χ0n) is 37.6. The molecular formula is C51H81NO7. The van der Waals surface area contributed by atoms with Gasteiger partial charge in [-0.2, -0.15) is 0 Å². The molecule has 8 heteroatoms. The lowest BCUT2D eigenvalue weighted by Crippen LogP contribution is -2.55. The molecule has 0 N–H and O–H groups in total. The normalized spacial score (nSPS) is 14.0. The van der Waals surface area contributed by atoms with Crippen LogP contribution in [0.3, 0.4) is 0 Å². The van der Waals surface area contributed by atoms with Crippen molar-refractivity contribution in [3.05, 3.63) is 109 Å². The van der Waals surface area contributed by atoms with E-state index >= 15 is 0 Å². The monoisotopic (exact) mass is 820 g/mol. The fraction of sp³-hybridized carbons (Fsp3) is 0.588. The third kappa shape index (κ3) is 39.2. The van der Waals surface area contributed by atoms with Crippen molar-refractivity contribution in [2.75, 3.05) is 41.0 Å². The Hall–Kier alpha value is -4.01. The number of ether oxygens (including phenoxy) is 3. The van der Waals surface area contributed by atoms with Crippen molar-refractivity contribution < 1.29 is 38.2 Å². The molecule has 0 heterocycles. The molecular weight excluding hydrogens is 739 g/mol. The zero-order valence-corrected chi connectivity index (χ0v) is 37.6. The number of carboxylic acid groups (broad SMARTS) is 1. The summed E-state index contributed by atoms with van der Waals surface area (Å²) in [5.74, 6) is -1.82. The standard InChI is InChI=1S/C51H81NO7/c1-6-8-10-12-14-16-18-20-21-22-23-24-25-26-27-28-30-32-34-36-38-40-42-50(54)59-47(45-57-44-43-48(51(55)56)52(3,4)5)46-58-49(53)41-39-37-35-33-31-29-19-17-15-13-11-9-7-2/h8-11,13-17,19-21,23-24,26-27,29,31,47-48H,6-7,12,18,22,25,28,30,32-46H2,1-5H3/b10-8+,11-9+,15-13+,16-14+,19-17+,21-20+,24-23+,27-26+,31-29+. The highest BCUT2D eigenvalue weighted by Crippen LogP contribution is 2.12. The van der Waals surface area contributed by atoms with Crippen LogP contribution >= 0.6 is 0 Å². The van der Waals surface area contributed by atoms with Crippen molar-refractivity contribution in [2.45, 2.75) is 154 Å². The number of allylic oxidation sites excluding steroid dienone is 18. The molecule has 0 aromatic rings. The van der Waals surface area contributed by atoms with Gasteiger partial charge in [-0.25, -0.2) is 0 Å². The van der Waals surface area contributed by atoms with Crippen LogP contribution in [0.15, 0.2) is 109 Å². The molecule has 0 spiro atoms. The predicted octanol–water partition coefficient (Wildman–Crippen LogP) is 11.1. The highest BCUT2D eigenvalue weighted by atomic mass is 16.6. The van der Waals surface area contributed by atoms with Gasteiger partial charge in [0.2, 0.25) is 0 Å². The Morgan fingerprint density at radius 2 is 0.983 bits per heavy atom. The Morgan fingerprint density at radius 3 is 1.54 bits per heavy atom. The largest absolute Gasteiger partial charge is 0.544 e. The lowest BCUT2D eigenvalue weighted by molar-refractivity contribution is -0.889. The minimum atomic E-state index is -1.14. The van der Waals surface area contributed by atoms with E-state index in [0.717, 1.165) is 103 Å². The number of carbonyl (C=O) groups excluding carboxylic acids is 3. The molecule has 0 aliphatic rings. The SMILES string of the molecule is CC/C=C/C=C/C=C/C=C/CCCCCC(=O)OCC(COCCC(C(=O)[O-])[N+](C)(C)C)OC(=O)CCCCCCCC/C=C/C/C=C/C/C=C/C/C=C/C/C=C/CC. The molecule has 0 aliphatic carbocycles. The van der Waals surface area contributed by atoms with Crippen molar-refractivity contribution in [2.24, 2.45) is 0 Å². The summed E-state index contributed by atoms with van der Waals surface area (Å²) in [7, 11) is 5.37. The van der Waals surface area contributed by atoms with E-state index in [4.69, 9.17) is 14.2 Å². The van der Waals surface area contributed by atoms with E-state index in [0.29, 0.717) is 6.42 Å². The lowest BCUT2D eigenvalue weighted by atomic mass is 10.1. The molecule has 0 aromatic heterocycles. The summed E-state index contributed by atoms with van der Waals surface area (Å²) in [6.45, 7) is 4.32. The quantitative estimate of drug-likeness (QED) is 0.0201. The Labute approximate surface area is 359 Å². The molecule has 8 nitrogen and oxygen atoms in total. The number of rotatable bonds is 38. The second-order valence-electron chi connectivity index (χ2n) is 15.6. The van der Waals surface area contributed by atoms with Gasteiger partial charge in [0.05, 0.1) is 40.3 Å². The van der Waals surface area contributed by atoms with Gasteiger partial charge in [0.1, 0.15) is 12.6 Å². The molecule has 2 atom stereocenters. The van der Waals surface area contributed by atoms with Crippen molar-refractivity contribution in [1.82, 2.24) is 0 Å². The van der Waals surface area contributed by atoms with Gasteiger partial charge in [0.25, 0.3) is 0 Å². The van der Waals surface area contributed by atoms with Gasteiger partial charge in [0.15, 0.2) is 6.10 Å². The topological polar surface area (TPSA) is 102 Å². The van der Waals surface area contributed by atoms with Crippen LogP contribution in [0.4, 0.5) is 0 Å². The van der Waals surface area contributed by atoms with Crippen LogP contribution in [0.5, 0.6) is 0 Å². The molecule has 0 amide bonds. The molecule has 2 unspecified atom stereocenters. The van der Waals surface area contributed by atoms with Gasteiger partial charge >= 0.3 is 11.9 Å². The molecule has 0 radical (unpaired) electrons. The smallest absolute Gasteiger partial charge is 0.306 e. The van der Waals surface area contributed by atoms with E-state index in [9.17, 15) is 19.5 Å². The van der Waals surface area contributed by atoms with E-state index in [2.05, 4.69) is 86.8 Å². The molecule has 0 fully saturated rings. The van der Waals surface area contributed by atoms with Gasteiger partial charge in [0, 0.05) is 19.3 Å². The number of carboxylic acids is 1. The van der Waals surface area contributed by atoms with Crippen molar-refractivity contribution in [1.29, 1.82) is 0 Å². The molecule has 0 saturated carbocycles. The number of esters is 2. The van der Waals surface area contributed by atoms with Gasteiger partial charge in [-0.1, -0.05) is 155 Å². The van der Waals surface area contributed by atoms with E-state index in [1.54, 1.807) is 21.1 Å². The summed E-state index contributed by atoms with van der Waals surface area (Å²) in [4.78, 5) is 36.9. The zero-order chi connectivity index (χ0) is 43.5. The third-order valence-corrected chi connectivity index (χ3v) is 9.25. The summed E-state index contributed by atoms with van der Waals surface area (Å²) < 4.78 is 17.1. The van der Waals surface area contributed by atoms with Crippen molar-refractivity contribution in [3.8, 4) is 0 Å². The molecule has 0 aromatic carbocycles. The van der Waals surface area contributed by atoms with E-state index in [1.807, 2.05) is 36.5 Å². The number of carbonyl (C=O) groups is 3. The van der Waals surface area contributed by atoms with E-state index in [1.165, 1.54) is 6.42 Å². The van der Waals surface area contributed by atoms with Gasteiger partial charge < -0.3 is 28.6 Å². The van der Waals surface area contributed by atoms with Crippen LogP contribution in [0.1, 0.15) is 142 Å². The fourth-order valence-corrected chi connectivity index (χ4v) is 5.81. The molecule has 0 saturated heterocycles. The Balaban J connectivity index is 4.41. The highest BCUT2D eigenvalue weighted by molar-refractivity contribution is 5.70. The molecule has 332 valence electrons. The number of hydrogen-bond donors (Lipinski definition) is 0.